The van der Waals surface area contributed by atoms with E-state index in [-0.39, 0.29) is 12.0 Å². The molecule has 1 saturated heterocycles. The van der Waals surface area contributed by atoms with Crippen LogP contribution in [0.25, 0.3) is 6.08 Å². The quantitative estimate of drug-likeness (QED) is 0.627. The summed E-state index contributed by atoms with van der Waals surface area (Å²) < 4.78 is 11.1. The van der Waals surface area contributed by atoms with Crippen LogP contribution in [0.3, 0.4) is 0 Å². The van der Waals surface area contributed by atoms with E-state index in [4.69, 9.17) is 9.47 Å². The van der Waals surface area contributed by atoms with Crippen LogP contribution >= 0.6 is 11.8 Å². The minimum Gasteiger partial charge on any atom is -0.348 e. The van der Waals surface area contributed by atoms with Crippen molar-refractivity contribution in [3.63, 3.8) is 0 Å². The van der Waals surface area contributed by atoms with Crippen molar-refractivity contribution in [2.45, 2.75) is 11.5 Å². The average Bonchev–Trinajstić information content (AvgIpc) is 2.46. The van der Waals surface area contributed by atoms with Gasteiger partial charge in [0.25, 0.3) is 5.69 Å². The first-order chi connectivity index (χ1) is 9.19. The van der Waals surface area contributed by atoms with Crippen LogP contribution in [0.5, 0.6) is 0 Å². The maximum atomic E-state index is 10.5. The Balaban J connectivity index is 1.90. The summed E-state index contributed by atoms with van der Waals surface area (Å²) in [5.74, 6) is 0. The third-order valence-electron chi connectivity index (χ3n) is 2.78. The molecule has 0 unspecified atom stereocenters. The van der Waals surface area contributed by atoms with Crippen LogP contribution in [0.15, 0.2) is 30.3 Å². The lowest BCUT2D eigenvalue weighted by Crippen LogP contribution is -2.32. The molecule has 1 fully saturated rings. The van der Waals surface area contributed by atoms with E-state index in [2.05, 4.69) is 0 Å². The summed E-state index contributed by atoms with van der Waals surface area (Å²) >= 11 is 1.73. The zero-order chi connectivity index (χ0) is 13.7. The van der Waals surface area contributed by atoms with E-state index < -0.39 is 4.92 Å². The van der Waals surface area contributed by atoms with E-state index in [1.165, 1.54) is 12.1 Å². The third kappa shape index (κ3) is 4.05. The maximum absolute atomic E-state index is 10.5. The lowest BCUT2D eigenvalue weighted by Gasteiger charge is -2.26. The molecule has 6 heteroatoms. The number of benzene rings is 1. The van der Waals surface area contributed by atoms with Gasteiger partial charge in [0.2, 0.25) is 0 Å². The van der Waals surface area contributed by atoms with Gasteiger partial charge in [0.1, 0.15) is 0 Å². The van der Waals surface area contributed by atoms with Crippen LogP contribution in [0.2, 0.25) is 0 Å². The zero-order valence-electron chi connectivity index (χ0n) is 10.5. The van der Waals surface area contributed by atoms with Gasteiger partial charge in [0.05, 0.1) is 23.4 Å². The molecular weight excluding hydrogens is 266 g/mol. The van der Waals surface area contributed by atoms with Gasteiger partial charge in [-0.05, 0) is 30.0 Å². The van der Waals surface area contributed by atoms with Crippen molar-refractivity contribution in [1.29, 1.82) is 0 Å². The zero-order valence-corrected chi connectivity index (χ0v) is 11.3. The lowest BCUT2D eigenvalue weighted by atomic mass is 10.2. The molecule has 1 aliphatic heterocycles. The fourth-order valence-corrected chi connectivity index (χ4v) is 2.07. The highest BCUT2D eigenvalue weighted by Gasteiger charge is 2.19. The number of nitro benzene ring substituents is 1. The van der Waals surface area contributed by atoms with Gasteiger partial charge in [0.15, 0.2) is 6.29 Å². The van der Waals surface area contributed by atoms with Crippen molar-refractivity contribution in [2.75, 3.05) is 19.5 Å². The molecule has 0 bridgehead atoms. The van der Waals surface area contributed by atoms with Crippen LogP contribution in [0, 0.1) is 10.1 Å². The number of non-ortho nitro benzene ring substituents is 1. The highest BCUT2D eigenvalue weighted by Crippen LogP contribution is 2.17. The van der Waals surface area contributed by atoms with Gasteiger partial charge in [-0.15, -0.1) is 0 Å². The fraction of sp³-hybridized carbons (Fsp3) is 0.385. The largest absolute Gasteiger partial charge is 0.348 e. The molecule has 0 amide bonds. The maximum Gasteiger partial charge on any atom is 0.269 e. The SMILES string of the molecule is CSC1COC(C=Cc2ccc([N+](=O)[O-])cc2)OC1. The standard InChI is InChI=1S/C13H15NO4S/c1-19-12-8-17-13(18-9-12)7-4-10-2-5-11(6-3-10)14(15)16/h2-7,12-13H,8-9H2,1H3. The highest BCUT2D eigenvalue weighted by molar-refractivity contribution is 7.99. The van der Waals surface area contributed by atoms with Gasteiger partial charge in [-0.2, -0.15) is 11.8 Å². The predicted octanol–water partition coefficient (Wildman–Crippen LogP) is 2.71. The van der Waals surface area contributed by atoms with Crippen molar-refractivity contribution in [3.05, 3.63) is 46.0 Å². The molecule has 0 spiro atoms. The number of rotatable bonds is 4. The molecule has 5 nitrogen and oxygen atoms in total. The van der Waals surface area contributed by atoms with Crippen molar-refractivity contribution in [3.8, 4) is 0 Å². The Labute approximate surface area is 115 Å². The van der Waals surface area contributed by atoms with Crippen LogP contribution in [-0.4, -0.2) is 35.9 Å². The van der Waals surface area contributed by atoms with Gasteiger partial charge >= 0.3 is 0 Å². The summed E-state index contributed by atoms with van der Waals surface area (Å²) in [6.07, 6.45) is 5.36. The summed E-state index contributed by atoms with van der Waals surface area (Å²) in [4.78, 5) is 10.1. The molecule has 0 saturated carbocycles. The second-order valence-corrected chi connectivity index (χ2v) is 5.24. The molecule has 19 heavy (non-hydrogen) atoms. The molecule has 1 aliphatic rings. The fourth-order valence-electron chi connectivity index (χ4n) is 1.64. The predicted molar refractivity (Wildman–Crippen MR) is 75.1 cm³/mol. The van der Waals surface area contributed by atoms with Crippen LogP contribution < -0.4 is 0 Å². The van der Waals surface area contributed by atoms with Gasteiger partial charge in [-0.3, -0.25) is 10.1 Å². The minimum absolute atomic E-state index is 0.0881. The smallest absolute Gasteiger partial charge is 0.269 e. The normalized spacial score (nSPS) is 23.6. The van der Waals surface area contributed by atoms with Crippen LogP contribution in [0.4, 0.5) is 5.69 Å². The molecule has 1 heterocycles. The molecule has 0 radical (unpaired) electrons. The van der Waals surface area contributed by atoms with E-state index in [0.29, 0.717) is 18.5 Å². The summed E-state index contributed by atoms with van der Waals surface area (Å²) in [5.41, 5.74) is 0.968. The van der Waals surface area contributed by atoms with Crippen molar-refractivity contribution < 1.29 is 14.4 Å². The first kappa shape index (κ1) is 14.0. The van der Waals surface area contributed by atoms with Gasteiger partial charge < -0.3 is 9.47 Å². The number of hydrogen-bond acceptors (Lipinski definition) is 5. The van der Waals surface area contributed by atoms with Crippen LogP contribution in [0.1, 0.15) is 5.56 Å². The Kier molecular flexibility index (Phi) is 4.95. The second kappa shape index (κ2) is 6.70. The summed E-state index contributed by atoms with van der Waals surface area (Å²) in [6.45, 7) is 1.35. The number of nitrogens with zero attached hydrogens (tertiary/aromatic N) is 1. The van der Waals surface area contributed by atoms with Crippen molar-refractivity contribution in [1.82, 2.24) is 0 Å². The Morgan fingerprint density at radius 2 is 1.95 bits per heavy atom. The minimum atomic E-state index is -0.413. The molecular formula is C13H15NO4S. The Morgan fingerprint density at radius 3 is 2.47 bits per heavy atom. The molecule has 0 aromatic heterocycles. The molecule has 2 rings (SSSR count). The molecule has 0 atom stereocenters. The summed E-state index contributed by atoms with van der Waals surface area (Å²) in [6, 6.07) is 6.35. The summed E-state index contributed by atoms with van der Waals surface area (Å²) in [7, 11) is 0. The molecule has 1 aromatic carbocycles. The van der Waals surface area contributed by atoms with E-state index in [0.717, 1.165) is 5.56 Å². The number of ether oxygens (including phenoxy) is 2. The van der Waals surface area contributed by atoms with Gasteiger partial charge in [-0.1, -0.05) is 6.08 Å². The molecule has 0 N–H and O–H groups in total. The second-order valence-electron chi connectivity index (χ2n) is 4.10. The molecule has 0 aliphatic carbocycles. The van der Waals surface area contributed by atoms with E-state index in [1.807, 2.05) is 18.4 Å². The Hall–Kier alpha value is -1.37. The van der Waals surface area contributed by atoms with E-state index >= 15 is 0 Å². The van der Waals surface area contributed by atoms with Crippen molar-refractivity contribution >= 4 is 23.5 Å². The third-order valence-corrected chi connectivity index (χ3v) is 3.71. The average molecular weight is 281 g/mol. The number of nitro groups is 1. The topological polar surface area (TPSA) is 61.6 Å². The Morgan fingerprint density at radius 1 is 1.32 bits per heavy atom. The molecule has 102 valence electrons. The summed E-state index contributed by atoms with van der Waals surface area (Å²) in [5, 5.41) is 10.9. The van der Waals surface area contributed by atoms with Crippen LogP contribution in [-0.2, 0) is 9.47 Å². The lowest BCUT2D eigenvalue weighted by molar-refractivity contribution is -0.384. The van der Waals surface area contributed by atoms with Gasteiger partial charge in [-0.25, -0.2) is 0 Å². The monoisotopic (exact) mass is 281 g/mol. The number of thioether (sulfide) groups is 1. The van der Waals surface area contributed by atoms with Crippen molar-refractivity contribution in [2.24, 2.45) is 0 Å². The first-order valence-electron chi connectivity index (χ1n) is 5.87. The van der Waals surface area contributed by atoms with Gasteiger partial charge in [0, 0.05) is 12.1 Å². The number of hydrogen-bond donors (Lipinski definition) is 0. The molecule has 1 aromatic rings. The van der Waals surface area contributed by atoms with E-state index in [1.54, 1.807) is 23.9 Å². The Bertz CT molecular complexity index is 452. The first-order valence-corrected chi connectivity index (χ1v) is 7.16. The van der Waals surface area contributed by atoms with E-state index in [9.17, 15) is 10.1 Å². The highest BCUT2D eigenvalue weighted by atomic mass is 32.2.